The van der Waals surface area contributed by atoms with Crippen molar-refractivity contribution >= 4 is 40.4 Å². The fourth-order valence-electron chi connectivity index (χ4n) is 6.55. The molecule has 45 heavy (non-hydrogen) atoms. The quantitative estimate of drug-likeness (QED) is 0.270. The summed E-state index contributed by atoms with van der Waals surface area (Å²) >= 11 is 0. The molecule has 2 aromatic carbocycles. The number of aliphatic hydroxyl groups is 1. The van der Waals surface area contributed by atoms with Crippen LogP contribution in [0, 0.1) is 18.8 Å². The van der Waals surface area contributed by atoms with Crippen LogP contribution in [0.3, 0.4) is 0 Å². The SMILES string of the molecule is CC#CCn1c(N2CCC[C@@H](N3C(=O)c4ccccc4C3=O)C2)nc2c1C(=O)N(Cc1nc(C)c3ccccc3n1)C(O)N2C. The van der Waals surface area contributed by atoms with E-state index in [1.165, 1.54) is 9.80 Å². The molecule has 7 rings (SSSR count). The van der Waals surface area contributed by atoms with Crippen LogP contribution in [0.4, 0.5) is 11.8 Å². The van der Waals surface area contributed by atoms with Crippen LogP contribution in [0.1, 0.15) is 62.5 Å². The Kier molecular flexibility index (Phi) is 6.97. The summed E-state index contributed by atoms with van der Waals surface area (Å²) in [4.78, 5) is 61.1. The van der Waals surface area contributed by atoms with E-state index in [-0.39, 0.29) is 30.9 Å². The van der Waals surface area contributed by atoms with E-state index in [1.54, 1.807) is 47.7 Å². The number of aliphatic hydroxyl groups excluding tert-OH is 1. The van der Waals surface area contributed by atoms with Gasteiger partial charge >= 0.3 is 0 Å². The van der Waals surface area contributed by atoms with Crippen molar-refractivity contribution in [2.24, 2.45) is 0 Å². The number of carbonyl (C=O) groups excluding carboxylic acids is 3. The number of aromatic nitrogens is 4. The normalized spacial score (nSPS) is 19.6. The van der Waals surface area contributed by atoms with Gasteiger partial charge in [-0.1, -0.05) is 36.3 Å². The topological polar surface area (TPSA) is 128 Å². The van der Waals surface area contributed by atoms with Gasteiger partial charge in [-0.25, -0.2) is 9.97 Å². The second-order valence-corrected chi connectivity index (χ2v) is 11.5. The summed E-state index contributed by atoms with van der Waals surface area (Å²) in [5.41, 5.74) is 2.67. The molecule has 5 heterocycles. The third-order valence-electron chi connectivity index (χ3n) is 8.79. The first-order valence-corrected chi connectivity index (χ1v) is 14.9. The van der Waals surface area contributed by atoms with Gasteiger partial charge < -0.3 is 14.9 Å². The lowest BCUT2D eigenvalue weighted by atomic mass is 10.0. The van der Waals surface area contributed by atoms with Gasteiger partial charge in [0.2, 0.25) is 12.3 Å². The summed E-state index contributed by atoms with van der Waals surface area (Å²) < 4.78 is 1.76. The second kappa shape index (κ2) is 11.0. The van der Waals surface area contributed by atoms with Crippen molar-refractivity contribution < 1.29 is 19.5 Å². The summed E-state index contributed by atoms with van der Waals surface area (Å²) in [7, 11) is 1.68. The molecule has 1 unspecified atom stereocenters. The molecule has 1 fully saturated rings. The summed E-state index contributed by atoms with van der Waals surface area (Å²) in [5, 5.41) is 12.2. The number of imidazole rings is 1. The molecule has 2 atom stereocenters. The molecule has 228 valence electrons. The Morgan fingerprint density at radius 3 is 2.40 bits per heavy atom. The first-order chi connectivity index (χ1) is 21.8. The number of benzene rings is 2. The van der Waals surface area contributed by atoms with Crippen molar-refractivity contribution in [3.8, 4) is 11.8 Å². The van der Waals surface area contributed by atoms with E-state index >= 15 is 0 Å². The molecule has 0 bridgehead atoms. The molecule has 0 aliphatic carbocycles. The van der Waals surface area contributed by atoms with E-state index in [9.17, 15) is 19.5 Å². The minimum absolute atomic E-state index is 0.0129. The van der Waals surface area contributed by atoms with Crippen molar-refractivity contribution in [2.75, 3.05) is 29.9 Å². The summed E-state index contributed by atoms with van der Waals surface area (Å²) in [5.74, 6) is 6.20. The van der Waals surface area contributed by atoms with Gasteiger partial charge in [0.1, 0.15) is 5.82 Å². The lowest BCUT2D eigenvalue weighted by molar-refractivity contribution is -0.00185. The first-order valence-electron chi connectivity index (χ1n) is 14.9. The van der Waals surface area contributed by atoms with E-state index in [0.29, 0.717) is 60.3 Å². The highest BCUT2D eigenvalue weighted by Crippen LogP contribution is 2.36. The van der Waals surface area contributed by atoms with Crippen LogP contribution >= 0.6 is 0 Å². The highest BCUT2D eigenvalue weighted by molar-refractivity contribution is 6.21. The Labute approximate surface area is 259 Å². The molecule has 12 heteroatoms. The number of para-hydroxylation sites is 1. The van der Waals surface area contributed by atoms with E-state index in [1.807, 2.05) is 36.1 Å². The predicted octanol–water partition coefficient (Wildman–Crippen LogP) is 2.79. The molecule has 1 saturated heterocycles. The highest BCUT2D eigenvalue weighted by atomic mass is 16.3. The number of nitrogens with zero attached hydrogens (tertiary/aromatic N) is 8. The predicted molar refractivity (Wildman–Crippen MR) is 166 cm³/mol. The van der Waals surface area contributed by atoms with Gasteiger partial charge in [0.05, 0.1) is 35.8 Å². The number of aryl methyl sites for hydroxylation is 1. The van der Waals surface area contributed by atoms with Crippen LogP contribution < -0.4 is 9.80 Å². The van der Waals surface area contributed by atoms with E-state index < -0.39 is 12.3 Å². The fourth-order valence-corrected chi connectivity index (χ4v) is 6.55. The van der Waals surface area contributed by atoms with Crippen LogP contribution in [0.2, 0.25) is 0 Å². The van der Waals surface area contributed by atoms with Gasteiger partial charge in [0.25, 0.3) is 17.7 Å². The van der Waals surface area contributed by atoms with Crippen molar-refractivity contribution in [3.63, 3.8) is 0 Å². The molecular formula is C33H32N8O4. The molecule has 0 saturated carbocycles. The molecule has 2 aromatic heterocycles. The second-order valence-electron chi connectivity index (χ2n) is 11.5. The largest absolute Gasteiger partial charge is 0.356 e. The van der Waals surface area contributed by atoms with Crippen LogP contribution in [-0.2, 0) is 13.1 Å². The molecule has 0 spiro atoms. The number of carbonyl (C=O) groups is 3. The Bertz CT molecular complexity index is 1910. The Morgan fingerprint density at radius 1 is 0.956 bits per heavy atom. The van der Waals surface area contributed by atoms with Crippen molar-refractivity contribution in [3.05, 3.63) is 76.9 Å². The maximum Gasteiger partial charge on any atom is 0.278 e. The fraction of sp³-hybridized carbons (Fsp3) is 0.333. The Hall–Kier alpha value is -5.28. The third-order valence-corrected chi connectivity index (χ3v) is 8.79. The van der Waals surface area contributed by atoms with Gasteiger partial charge in [-0.3, -0.25) is 28.8 Å². The van der Waals surface area contributed by atoms with Crippen LogP contribution in [0.5, 0.6) is 0 Å². The monoisotopic (exact) mass is 604 g/mol. The highest BCUT2D eigenvalue weighted by Gasteiger charge is 2.44. The molecule has 3 aliphatic rings. The molecule has 12 nitrogen and oxygen atoms in total. The van der Waals surface area contributed by atoms with Gasteiger partial charge in [-0.05, 0) is 44.9 Å². The third kappa shape index (κ3) is 4.58. The maximum absolute atomic E-state index is 14.1. The van der Waals surface area contributed by atoms with Gasteiger partial charge in [-0.2, -0.15) is 4.98 Å². The Balaban J connectivity index is 1.22. The standard InChI is InChI=1S/C33H32N8O4/c1-4-5-17-39-27-28(37(3)33(45)40(31(27)44)19-26-34-20(2)22-12-8-9-15-25(22)35-26)36-32(39)38-16-10-11-21(18-38)41-29(42)23-13-6-7-14-24(23)30(41)43/h6-9,12-15,21,33,45H,10-11,16-19H2,1-3H3/t21-,33?/m1/s1. The Morgan fingerprint density at radius 2 is 1.67 bits per heavy atom. The van der Waals surface area contributed by atoms with Crippen molar-refractivity contribution in [2.45, 2.75) is 52.2 Å². The number of fused-ring (bicyclic) bond motifs is 3. The van der Waals surface area contributed by atoms with Gasteiger partial charge in [0.15, 0.2) is 11.5 Å². The minimum Gasteiger partial charge on any atom is -0.356 e. The molecule has 1 N–H and O–H groups in total. The summed E-state index contributed by atoms with van der Waals surface area (Å²) in [6.45, 7) is 4.77. The average molecular weight is 605 g/mol. The lowest BCUT2D eigenvalue weighted by Gasteiger charge is -2.38. The molecule has 4 aromatic rings. The van der Waals surface area contributed by atoms with Crippen LogP contribution in [-0.4, -0.2) is 84.7 Å². The molecule has 3 amide bonds. The summed E-state index contributed by atoms with van der Waals surface area (Å²) in [6.07, 6.45) is 0.0705. The zero-order chi connectivity index (χ0) is 31.4. The number of imide groups is 1. The number of hydrogen-bond donors (Lipinski definition) is 1. The minimum atomic E-state index is -1.30. The van der Waals surface area contributed by atoms with Crippen LogP contribution in [0.25, 0.3) is 10.9 Å². The number of amides is 3. The number of rotatable bonds is 5. The number of anilines is 2. The number of hydrogen-bond acceptors (Lipinski definition) is 9. The van der Waals surface area contributed by atoms with Crippen LogP contribution in [0.15, 0.2) is 48.5 Å². The van der Waals surface area contributed by atoms with E-state index in [2.05, 4.69) is 21.8 Å². The average Bonchev–Trinajstić information content (AvgIpc) is 3.56. The van der Waals surface area contributed by atoms with E-state index in [0.717, 1.165) is 16.6 Å². The smallest absolute Gasteiger partial charge is 0.278 e. The summed E-state index contributed by atoms with van der Waals surface area (Å²) in [6, 6.07) is 14.2. The maximum atomic E-state index is 14.1. The van der Waals surface area contributed by atoms with Crippen molar-refractivity contribution in [1.29, 1.82) is 0 Å². The van der Waals surface area contributed by atoms with Crippen molar-refractivity contribution in [1.82, 2.24) is 29.3 Å². The zero-order valence-electron chi connectivity index (χ0n) is 25.3. The zero-order valence-corrected chi connectivity index (χ0v) is 25.3. The molecule has 0 radical (unpaired) electrons. The number of piperidine rings is 1. The lowest BCUT2D eigenvalue weighted by Crippen LogP contribution is -2.54. The van der Waals surface area contributed by atoms with Gasteiger partial charge in [-0.15, -0.1) is 5.92 Å². The van der Waals surface area contributed by atoms with Gasteiger partial charge in [0, 0.05) is 31.2 Å². The van der Waals surface area contributed by atoms with E-state index in [4.69, 9.17) is 4.98 Å². The molecular weight excluding hydrogens is 572 g/mol. The molecule has 3 aliphatic heterocycles. The first kappa shape index (κ1) is 28.5.